The molecule has 0 unspecified atom stereocenters. The number of hydrogen-bond donors (Lipinski definition) is 1. The summed E-state index contributed by atoms with van der Waals surface area (Å²) in [4.78, 5) is 3.62. The van der Waals surface area contributed by atoms with Crippen molar-refractivity contribution in [2.24, 2.45) is 0 Å². The van der Waals surface area contributed by atoms with Crippen LogP contribution in [0.4, 0.5) is 5.82 Å². The quantitative estimate of drug-likeness (QED) is 0.569. The standard InChI is InChI=1S/C4H6N2O2/c1-7-4-6-3(5)2-8-4/h2H,5H2,1H3. The van der Waals surface area contributed by atoms with Crippen LogP contribution < -0.4 is 10.5 Å². The third-order valence-electron chi connectivity index (χ3n) is 0.675. The van der Waals surface area contributed by atoms with Gasteiger partial charge in [0.05, 0.1) is 7.11 Å². The second kappa shape index (κ2) is 1.73. The Kier molecular flexibility index (Phi) is 1.07. The van der Waals surface area contributed by atoms with Crippen LogP contribution in [-0.4, -0.2) is 12.1 Å². The lowest BCUT2D eigenvalue weighted by atomic mass is 10.8. The topological polar surface area (TPSA) is 61.3 Å². The second-order valence-corrected chi connectivity index (χ2v) is 1.24. The molecule has 0 radical (unpaired) electrons. The fraction of sp³-hybridized carbons (Fsp3) is 0.250. The molecule has 0 aliphatic heterocycles. The molecule has 1 aromatic heterocycles. The normalized spacial score (nSPS) is 9.12. The molecule has 0 spiro atoms. The van der Waals surface area contributed by atoms with E-state index >= 15 is 0 Å². The van der Waals surface area contributed by atoms with E-state index in [1.165, 1.54) is 13.4 Å². The Morgan fingerprint density at radius 3 is 2.88 bits per heavy atom. The van der Waals surface area contributed by atoms with Gasteiger partial charge in [0.15, 0.2) is 5.82 Å². The summed E-state index contributed by atoms with van der Waals surface area (Å²) in [6.07, 6.45) is 1.52. The van der Waals surface area contributed by atoms with Crippen LogP contribution in [0.15, 0.2) is 10.7 Å². The second-order valence-electron chi connectivity index (χ2n) is 1.24. The zero-order valence-electron chi connectivity index (χ0n) is 4.42. The van der Waals surface area contributed by atoms with Crippen molar-refractivity contribution in [2.45, 2.75) is 0 Å². The maximum atomic E-state index is 5.17. The van der Waals surface area contributed by atoms with Crippen LogP contribution >= 0.6 is 0 Å². The molecule has 4 nitrogen and oxygen atoms in total. The van der Waals surface area contributed by atoms with Gasteiger partial charge in [-0.2, -0.15) is 4.98 Å². The first-order valence-electron chi connectivity index (χ1n) is 2.08. The Morgan fingerprint density at radius 1 is 1.88 bits per heavy atom. The highest BCUT2D eigenvalue weighted by atomic mass is 16.6. The molecule has 1 aromatic rings. The van der Waals surface area contributed by atoms with Gasteiger partial charge in [0, 0.05) is 0 Å². The minimum Gasteiger partial charge on any atom is -0.453 e. The van der Waals surface area contributed by atoms with Crippen LogP contribution in [0.2, 0.25) is 0 Å². The van der Waals surface area contributed by atoms with E-state index in [9.17, 15) is 0 Å². The summed E-state index contributed by atoms with van der Waals surface area (Å²) in [5.41, 5.74) is 5.17. The third kappa shape index (κ3) is 0.726. The molecule has 0 aliphatic rings. The molecular formula is C4H6N2O2. The summed E-state index contributed by atoms with van der Waals surface area (Å²) in [5.74, 6) is 0.335. The number of ether oxygens (including phenoxy) is 1. The van der Waals surface area contributed by atoms with Crippen LogP contribution in [0.25, 0.3) is 0 Å². The Morgan fingerprint density at radius 2 is 2.62 bits per heavy atom. The number of nitrogen functional groups attached to an aromatic ring is 1. The monoisotopic (exact) mass is 114 g/mol. The van der Waals surface area contributed by atoms with Gasteiger partial charge < -0.3 is 14.9 Å². The molecule has 1 rings (SSSR count). The predicted octanol–water partition coefficient (Wildman–Crippen LogP) is 0.265. The molecule has 0 saturated carbocycles. The average molecular weight is 114 g/mol. The molecule has 0 bridgehead atoms. The summed E-state index contributed by atoms with van der Waals surface area (Å²) in [7, 11) is 1.46. The summed E-state index contributed by atoms with van der Waals surface area (Å²) >= 11 is 0. The van der Waals surface area contributed by atoms with E-state index in [2.05, 4.69) is 14.1 Å². The molecule has 1 heterocycles. The largest absolute Gasteiger partial charge is 0.453 e. The fourth-order valence-corrected chi connectivity index (χ4v) is 0.363. The minimum absolute atomic E-state index is 0.197. The van der Waals surface area contributed by atoms with Crippen molar-refractivity contribution in [2.75, 3.05) is 12.8 Å². The number of nitrogens with zero attached hydrogens (tertiary/aromatic N) is 1. The Labute approximate surface area is 46.3 Å². The Hall–Kier alpha value is -1.19. The van der Waals surface area contributed by atoms with Gasteiger partial charge in [-0.3, -0.25) is 0 Å². The fourth-order valence-electron chi connectivity index (χ4n) is 0.363. The lowest BCUT2D eigenvalue weighted by Gasteiger charge is -1.83. The molecule has 2 N–H and O–H groups in total. The van der Waals surface area contributed by atoms with Crippen molar-refractivity contribution in [3.63, 3.8) is 0 Å². The lowest BCUT2D eigenvalue weighted by Crippen LogP contribution is -1.84. The van der Waals surface area contributed by atoms with Crippen LogP contribution in [0.1, 0.15) is 0 Å². The highest BCUT2D eigenvalue weighted by Gasteiger charge is 1.95. The number of aromatic nitrogens is 1. The van der Waals surface area contributed by atoms with Crippen LogP contribution in [0, 0.1) is 0 Å². The van der Waals surface area contributed by atoms with E-state index in [1.807, 2.05) is 0 Å². The Balaban J connectivity index is 2.84. The number of nitrogens with two attached hydrogens (primary N) is 1. The number of oxazole rings is 1. The number of hydrogen-bond acceptors (Lipinski definition) is 4. The summed E-state index contributed by atoms with van der Waals surface area (Å²) in [5, 5.41) is 0. The maximum Gasteiger partial charge on any atom is 0.395 e. The van der Waals surface area contributed by atoms with E-state index in [0.717, 1.165) is 0 Å². The number of anilines is 1. The predicted molar refractivity (Wildman–Crippen MR) is 27.5 cm³/mol. The molecule has 0 aromatic carbocycles. The number of methoxy groups -OCH3 is 1. The highest BCUT2D eigenvalue weighted by Crippen LogP contribution is 2.08. The van der Waals surface area contributed by atoms with Gasteiger partial charge in [-0.15, -0.1) is 0 Å². The van der Waals surface area contributed by atoms with E-state index < -0.39 is 0 Å². The summed E-state index contributed by atoms with van der Waals surface area (Å²) in [6, 6.07) is 0. The van der Waals surface area contributed by atoms with E-state index in [-0.39, 0.29) is 6.08 Å². The highest BCUT2D eigenvalue weighted by molar-refractivity contribution is 5.22. The molecule has 44 valence electrons. The van der Waals surface area contributed by atoms with Crippen molar-refractivity contribution in [3.8, 4) is 6.08 Å². The first-order valence-corrected chi connectivity index (χ1v) is 2.08. The Bertz CT molecular complexity index is 172. The van der Waals surface area contributed by atoms with Crippen LogP contribution in [0.5, 0.6) is 6.08 Å². The van der Waals surface area contributed by atoms with Crippen molar-refractivity contribution in [3.05, 3.63) is 6.26 Å². The SMILES string of the molecule is COc1nc(N)co1. The van der Waals surface area contributed by atoms with Gasteiger partial charge in [-0.1, -0.05) is 0 Å². The van der Waals surface area contributed by atoms with E-state index in [1.54, 1.807) is 0 Å². The molecule has 0 aliphatic carbocycles. The van der Waals surface area contributed by atoms with Gasteiger partial charge >= 0.3 is 6.08 Å². The van der Waals surface area contributed by atoms with Gasteiger partial charge in [-0.25, -0.2) is 0 Å². The molecule has 4 heteroatoms. The van der Waals surface area contributed by atoms with Crippen LogP contribution in [0.3, 0.4) is 0 Å². The van der Waals surface area contributed by atoms with E-state index in [4.69, 9.17) is 5.73 Å². The molecule has 0 fully saturated rings. The first kappa shape index (κ1) is 4.96. The lowest BCUT2D eigenvalue weighted by molar-refractivity contribution is 0.290. The van der Waals surface area contributed by atoms with Crippen molar-refractivity contribution < 1.29 is 9.15 Å². The zero-order chi connectivity index (χ0) is 5.98. The first-order chi connectivity index (χ1) is 3.83. The molecule has 0 amide bonds. The van der Waals surface area contributed by atoms with Crippen molar-refractivity contribution in [1.82, 2.24) is 4.98 Å². The molecule has 0 atom stereocenters. The van der Waals surface area contributed by atoms with Gasteiger partial charge in [-0.05, 0) is 0 Å². The minimum atomic E-state index is 0.197. The maximum absolute atomic E-state index is 5.17. The molecule has 8 heavy (non-hydrogen) atoms. The van der Waals surface area contributed by atoms with Gasteiger partial charge in [0.25, 0.3) is 0 Å². The zero-order valence-corrected chi connectivity index (χ0v) is 4.42. The molecule has 0 saturated heterocycles. The average Bonchev–Trinajstić information content (AvgIpc) is 2.14. The van der Waals surface area contributed by atoms with Crippen molar-refractivity contribution >= 4 is 5.82 Å². The summed E-state index contributed by atoms with van der Waals surface area (Å²) in [6.45, 7) is 0. The molecular weight excluding hydrogens is 108 g/mol. The van der Waals surface area contributed by atoms with Crippen LogP contribution in [-0.2, 0) is 0 Å². The van der Waals surface area contributed by atoms with Crippen molar-refractivity contribution in [1.29, 1.82) is 0 Å². The summed E-state index contributed by atoms with van der Waals surface area (Å²) < 4.78 is 9.23. The number of rotatable bonds is 1. The van der Waals surface area contributed by atoms with Gasteiger partial charge in [0.1, 0.15) is 6.26 Å². The smallest absolute Gasteiger partial charge is 0.395 e. The van der Waals surface area contributed by atoms with E-state index in [0.29, 0.717) is 5.82 Å². The third-order valence-corrected chi connectivity index (χ3v) is 0.675. The van der Waals surface area contributed by atoms with Gasteiger partial charge in [0.2, 0.25) is 0 Å².